The molecular weight excluding hydrogens is 319 g/mol. The number of fused-ring (bicyclic) bond motifs is 1. The van der Waals surface area contributed by atoms with Crippen molar-refractivity contribution < 1.29 is 18.0 Å². The highest BCUT2D eigenvalue weighted by Crippen LogP contribution is 2.31. The van der Waals surface area contributed by atoms with Gasteiger partial charge in [0.2, 0.25) is 5.91 Å². The predicted molar refractivity (Wildman–Crippen MR) is 82.3 cm³/mol. The first-order valence-corrected chi connectivity index (χ1v) is 7.83. The van der Waals surface area contributed by atoms with Crippen LogP contribution in [0.2, 0.25) is 0 Å². The van der Waals surface area contributed by atoms with Crippen LogP contribution in [0.5, 0.6) is 0 Å². The molecule has 128 valence electrons. The Balaban J connectivity index is 1.68. The van der Waals surface area contributed by atoms with Gasteiger partial charge in [-0.05, 0) is 49.4 Å². The van der Waals surface area contributed by atoms with Gasteiger partial charge in [-0.25, -0.2) is 0 Å². The number of hydrogen-bond acceptors (Lipinski definition) is 2. The number of halogens is 3. The Hall–Kier alpha value is -2.31. The number of carbonyl (C=O) groups excluding carboxylic acids is 1. The standard InChI is InChI=1S/C17H18F3N3O/c1-10-7-12(17(18,19)20)6-5-11(10)8-21-16(24)13-3-2-4-15-14(13)9-22-23-15/h5-7,9,13H,2-4,8H2,1H3,(H,21,24)(H,22,23)/t13-/m1/s1. The Kier molecular flexibility index (Phi) is 4.34. The third kappa shape index (κ3) is 3.29. The summed E-state index contributed by atoms with van der Waals surface area (Å²) in [5, 5.41) is 9.74. The van der Waals surface area contributed by atoms with Crippen LogP contribution in [0.25, 0.3) is 0 Å². The number of nitrogens with zero attached hydrogens (tertiary/aromatic N) is 1. The summed E-state index contributed by atoms with van der Waals surface area (Å²) in [6.45, 7) is 1.83. The SMILES string of the molecule is Cc1cc(C(F)(F)F)ccc1CNC(=O)[C@@H]1CCCc2[nH]ncc21. The van der Waals surface area contributed by atoms with E-state index in [9.17, 15) is 18.0 Å². The zero-order valence-corrected chi connectivity index (χ0v) is 13.2. The third-order valence-electron chi connectivity index (χ3n) is 4.49. The van der Waals surface area contributed by atoms with Gasteiger partial charge < -0.3 is 5.32 Å². The number of aromatic amines is 1. The van der Waals surface area contributed by atoms with E-state index in [1.807, 2.05) is 0 Å². The zero-order chi connectivity index (χ0) is 17.3. The van der Waals surface area contributed by atoms with Gasteiger partial charge in [0.25, 0.3) is 0 Å². The summed E-state index contributed by atoms with van der Waals surface area (Å²) >= 11 is 0. The Morgan fingerprint density at radius 3 is 2.92 bits per heavy atom. The van der Waals surface area contributed by atoms with E-state index in [-0.39, 0.29) is 18.4 Å². The van der Waals surface area contributed by atoms with Crippen LogP contribution >= 0.6 is 0 Å². The number of amides is 1. The lowest BCUT2D eigenvalue weighted by molar-refractivity contribution is -0.137. The lowest BCUT2D eigenvalue weighted by Crippen LogP contribution is -2.31. The van der Waals surface area contributed by atoms with Crippen LogP contribution in [-0.2, 0) is 23.9 Å². The van der Waals surface area contributed by atoms with Crippen LogP contribution < -0.4 is 5.32 Å². The van der Waals surface area contributed by atoms with Gasteiger partial charge in [0.1, 0.15) is 0 Å². The van der Waals surface area contributed by atoms with Crippen molar-refractivity contribution in [2.45, 2.75) is 44.8 Å². The molecule has 0 bridgehead atoms. The Morgan fingerprint density at radius 1 is 1.42 bits per heavy atom. The Morgan fingerprint density at radius 2 is 2.21 bits per heavy atom. The van der Waals surface area contributed by atoms with Gasteiger partial charge in [0, 0.05) is 17.8 Å². The molecular formula is C17H18F3N3O. The summed E-state index contributed by atoms with van der Waals surface area (Å²) in [6, 6.07) is 3.57. The van der Waals surface area contributed by atoms with Crippen molar-refractivity contribution in [2.75, 3.05) is 0 Å². The van der Waals surface area contributed by atoms with Gasteiger partial charge in [-0.1, -0.05) is 6.07 Å². The molecule has 0 spiro atoms. The summed E-state index contributed by atoms with van der Waals surface area (Å²) < 4.78 is 38.1. The van der Waals surface area contributed by atoms with Crippen LogP contribution in [0.1, 0.15) is 46.7 Å². The van der Waals surface area contributed by atoms with E-state index >= 15 is 0 Å². The van der Waals surface area contributed by atoms with Gasteiger partial charge >= 0.3 is 6.18 Å². The molecule has 1 aromatic carbocycles. The highest BCUT2D eigenvalue weighted by atomic mass is 19.4. The molecule has 2 N–H and O–H groups in total. The number of aromatic nitrogens is 2. The van der Waals surface area contributed by atoms with Gasteiger partial charge in [0.05, 0.1) is 17.7 Å². The number of aryl methyl sites for hydroxylation is 2. The lowest BCUT2D eigenvalue weighted by atomic mass is 9.86. The average molecular weight is 337 g/mol. The summed E-state index contributed by atoms with van der Waals surface area (Å²) in [6.07, 6.45) is -0.123. The van der Waals surface area contributed by atoms with Crippen LogP contribution in [0.15, 0.2) is 24.4 Å². The molecule has 1 amide bonds. The number of benzene rings is 1. The first-order valence-electron chi connectivity index (χ1n) is 7.83. The van der Waals surface area contributed by atoms with Crippen molar-refractivity contribution in [3.8, 4) is 0 Å². The summed E-state index contributed by atoms with van der Waals surface area (Å²) in [5.41, 5.74) is 2.43. The van der Waals surface area contributed by atoms with Crippen molar-refractivity contribution in [3.63, 3.8) is 0 Å². The smallest absolute Gasteiger partial charge is 0.351 e. The van der Waals surface area contributed by atoms with Gasteiger partial charge in [-0.15, -0.1) is 0 Å². The molecule has 1 aliphatic carbocycles. The highest BCUT2D eigenvalue weighted by molar-refractivity contribution is 5.84. The van der Waals surface area contributed by atoms with Gasteiger partial charge in [-0.2, -0.15) is 18.3 Å². The third-order valence-corrected chi connectivity index (χ3v) is 4.49. The average Bonchev–Trinajstić information content (AvgIpc) is 3.00. The Labute approximate surface area is 137 Å². The fourth-order valence-electron chi connectivity index (χ4n) is 3.11. The maximum absolute atomic E-state index is 12.7. The molecule has 0 fully saturated rings. The number of H-pyrrole nitrogens is 1. The van der Waals surface area contributed by atoms with Crippen molar-refractivity contribution in [3.05, 3.63) is 52.3 Å². The molecule has 24 heavy (non-hydrogen) atoms. The van der Waals surface area contributed by atoms with E-state index in [1.165, 1.54) is 6.07 Å². The van der Waals surface area contributed by atoms with Crippen molar-refractivity contribution >= 4 is 5.91 Å². The quantitative estimate of drug-likeness (QED) is 0.901. The number of hydrogen-bond donors (Lipinski definition) is 2. The summed E-state index contributed by atoms with van der Waals surface area (Å²) in [4.78, 5) is 12.4. The number of nitrogens with one attached hydrogen (secondary N) is 2. The van der Waals surface area contributed by atoms with E-state index in [1.54, 1.807) is 13.1 Å². The molecule has 0 saturated carbocycles. The molecule has 0 unspecified atom stereocenters. The first-order chi connectivity index (χ1) is 11.4. The minimum atomic E-state index is -4.35. The van der Waals surface area contributed by atoms with Crippen molar-refractivity contribution in [1.29, 1.82) is 0 Å². The maximum Gasteiger partial charge on any atom is 0.416 e. The molecule has 3 rings (SSSR count). The second kappa shape index (κ2) is 6.30. The van der Waals surface area contributed by atoms with Crippen LogP contribution in [-0.4, -0.2) is 16.1 Å². The highest BCUT2D eigenvalue weighted by Gasteiger charge is 2.31. The second-order valence-electron chi connectivity index (χ2n) is 6.11. The molecule has 2 aromatic rings. The Bertz CT molecular complexity index is 752. The molecule has 1 aliphatic rings. The molecule has 7 heteroatoms. The minimum absolute atomic E-state index is 0.114. The zero-order valence-electron chi connectivity index (χ0n) is 13.2. The van der Waals surface area contributed by atoms with E-state index in [2.05, 4.69) is 15.5 Å². The van der Waals surface area contributed by atoms with Crippen LogP contribution in [0.4, 0.5) is 13.2 Å². The maximum atomic E-state index is 12.7. The lowest BCUT2D eigenvalue weighted by Gasteiger charge is -2.21. The molecule has 1 atom stereocenters. The largest absolute Gasteiger partial charge is 0.416 e. The molecule has 4 nitrogen and oxygen atoms in total. The fourth-order valence-corrected chi connectivity index (χ4v) is 3.11. The topological polar surface area (TPSA) is 57.8 Å². The normalized spacial score (nSPS) is 17.4. The molecule has 0 radical (unpaired) electrons. The van der Waals surface area contributed by atoms with E-state index in [0.717, 1.165) is 42.7 Å². The molecule has 1 aromatic heterocycles. The fraction of sp³-hybridized carbons (Fsp3) is 0.412. The second-order valence-corrected chi connectivity index (χ2v) is 6.11. The number of rotatable bonds is 3. The molecule has 0 aliphatic heterocycles. The monoisotopic (exact) mass is 337 g/mol. The van der Waals surface area contributed by atoms with E-state index in [4.69, 9.17) is 0 Å². The summed E-state index contributed by atoms with van der Waals surface area (Å²) in [5.74, 6) is -0.362. The molecule has 1 heterocycles. The number of carbonyl (C=O) groups is 1. The van der Waals surface area contributed by atoms with E-state index < -0.39 is 11.7 Å². The minimum Gasteiger partial charge on any atom is -0.351 e. The van der Waals surface area contributed by atoms with Gasteiger partial charge in [-0.3, -0.25) is 9.89 Å². The van der Waals surface area contributed by atoms with Crippen LogP contribution in [0.3, 0.4) is 0 Å². The van der Waals surface area contributed by atoms with Gasteiger partial charge in [0.15, 0.2) is 0 Å². The van der Waals surface area contributed by atoms with Crippen LogP contribution in [0, 0.1) is 6.92 Å². The molecule has 0 saturated heterocycles. The summed E-state index contributed by atoms with van der Waals surface area (Å²) in [7, 11) is 0. The first kappa shape index (κ1) is 16.5. The number of alkyl halides is 3. The van der Waals surface area contributed by atoms with E-state index in [0.29, 0.717) is 11.1 Å². The van der Waals surface area contributed by atoms with Crippen molar-refractivity contribution in [1.82, 2.24) is 15.5 Å². The predicted octanol–water partition coefficient (Wildman–Crippen LogP) is 3.47. The van der Waals surface area contributed by atoms with Crippen molar-refractivity contribution in [2.24, 2.45) is 0 Å².